The van der Waals surface area contributed by atoms with E-state index in [0.29, 0.717) is 28.6 Å². The lowest BCUT2D eigenvalue weighted by atomic mass is 9.68. The van der Waals surface area contributed by atoms with Gasteiger partial charge in [-0.3, -0.25) is 19.3 Å². The van der Waals surface area contributed by atoms with Crippen LogP contribution in [0.2, 0.25) is 5.02 Å². The number of anilines is 1. The smallest absolute Gasteiger partial charge is 0.338 e. The number of fused-ring (bicyclic) bond motifs is 9. The van der Waals surface area contributed by atoms with Crippen LogP contribution in [0.1, 0.15) is 45.6 Å². The number of carbonyl (C=O) groups excluding carboxylic acids is 3. The highest BCUT2D eigenvalue weighted by Crippen LogP contribution is 2.69. The Kier molecular flexibility index (Phi) is 7.86. The van der Waals surface area contributed by atoms with Crippen LogP contribution in [0, 0.1) is 29.6 Å². The van der Waals surface area contributed by atoms with Gasteiger partial charge < -0.3 is 14.5 Å². The quantitative estimate of drug-likeness (QED) is 0.156. The van der Waals surface area contributed by atoms with Gasteiger partial charge in [0.2, 0.25) is 11.8 Å². The van der Waals surface area contributed by atoms with E-state index >= 15 is 0 Å². The standard InChI is InChI=1S/C35H28BrClN2O6S2/c1-2-44-34(42)17-6-9-20(10-7-17)39-32(40)27-22-14-23(28(27)33(39)41)29-26(22)25(30-31(46-29)38-35(43)47-30)21-13-18(36)8-11-24(21)45-15-16-4-3-5-19(37)12-16/h3-13,22-23,25-29H,2,14-15H2,1H3,(H,38,43)/t22-,23-,25+,26+,27+,28+,29-/m1/s1. The van der Waals surface area contributed by atoms with Crippen molar-refractivity contribution < 1.29 is 23.9 Å². The van der Waals surface area contributed by atoms with Crippen LogP contribution in [0.15, 0.2) is 81.0 Å². The van der Waals surface area contributed by atoms with Crippen molar-refractivity contribution in [1.82, 2.24) is 4.98 Å². The van der Waals surface area contributed by atoms with Crippen molar-refractivity contribution in [3.05, 3.63) is 107 Å². The van der Waals surface area contributed by atoms with E-state index < -0.39 is 17.8 Å². The van der Waals surface area contributed by atoms with Crippen molar-refractivity contribution in [3.63, 3.8) is 0 Å². The number of benzene rings is 3. The molecule has 1 saturated heterocycles. The van der Waals surface area contributed by atoms with Crippen LogP contribution < -0.4 is 14.5 Å². The van der Waals surface area contributed by atoms with Gasteiger partial charge in [0, 0.05) is 31.1 Å². The summed E-state index contributed by atoms with van der Waals surface area (Å²) in [7, 11) is 0. The average Bonchev–Trinajstić information content (AvgIpc) is 3.79. The maximum atomic E-state index is 14.2. The molecule has 4 aromatic rings. The van der Waals surface area contributed by atoms with Gasteiger partial charge in [-0.25, -0.2) is 4.79 Å². The second-order valence-corrected chi connectivity index (χ2v) is 15.9. The van der Waals surface area contributed by atoms with E-state index in [1.54, 1.807) is 43.0 Å². The van der Waals surface area contributed by atoms with Gasteiger partial charge in [0.1, 0.15) is 12.4 Å². The summed E-state index contributed by atoms with van der Waals surface area (Å²) in [6.45, 7) is 2.31. The molecule has 1 aromatic heterocycles. The lowest BCUT2D eigenvalue weighted by Gasteiger charge is -2.43. The Morgan fingerprint density at radius 1 is 1.02 bits per heavy atom. The van der Waals surface area contributed by atoms with E-state index in [9.17, 15) is 19.2 Å². The summed E-state index contributed by atoms with van der Waals surface area (Å²) in [5, 5.41) is 1.50. The number of hydrogen-bond acceptors (Lipinski definition) is 8. The number of amides is 2. The highest BCUT2D eigenvalue weighted by molar-refractivity contribution is 9.10. The van der Waals surface area contributed by atoms with Crippen molar-refractivity contribution in [3.8, 4) is 5.75 Å². The first-order valence-corrected chi connectivity index (χ1v) is 18.3. The predicted octanol–water partition coefficient (Wildman–Crippen LogP) is 7.29. The maximum Gasteiger partial charge on any atom is 0.338 e. The molecule has 2 amide bonds. The van der Waals surface area contributed by atoms with Gasteiger partial charge in [-0.15, -0.1) is 11.8 Å². The van der Waals surface area contributed by atoms with E-state index in [1.165, 1.54) is 16.2 Å². The number of hydrogen-bond donors (Lipinski definition) is 1. The Hall–Kier alpha value is -3.38. The number of thioether (sulfide) groups is 1. The van der Waals surface area contributed by atoms with E-state index in [0.717, 1.165) is 31.9 Å². The summed E-state index contributed by atoms with van der Waals surface area (Å²) in [4.78, 5) is 58.4. The van der Waals surface area contributed by atoms with Gasteiger partial charge in [-0.05, 0) is 91.3 Å². The minimum absolute atomic E-state index is 0.0101. The van der Waals surface area contributed by atoms with Crippen molar-refractivity contribution in [1.29, 1.82) is 0 Å². The van der Waals surface area contributed by atoms with Crippen LogP contribution in [0.5, 0.6) is 5.75 Å². The topological polar surface area (TPSA) is 106 Å². The van der Waals surface area contributed by atoms with E-state index in [1.807, 2.05) is 36.4 Å². The number of thiazole rings is 1. The second-order valence-electron chi connectivity index (χ2n) is 12.3. The molecule has 0 spiro atoms. The molecular weight excluding hydrogens is 724 g/mol. The van der Waals surface area contributed by atoms with Gasteiger partial charge in [-0.2, -0.15) is 0 Å². The van der Waals surface area contributed by atoms with Crippen LogP contribution in [-0.4, -0.2) is 34.6 Å². The Morgan fingerprint density at radius 3 is 2.53 bits per heavy atom. The van der Waals surface area contributed by atoms with Crippen LogP contribution in [0.25, 0.3) is 0 Å². The lowest BCUT2D eigenvalue weighted by Crippen LogP contribution is -2.42. The molecule has 2 saturated carbocycles. The third-order valence-electron chi connectivity index (χ3n) is 9.95. The minimum atomic E-state index is -0.457. The third kappa shape index (κ3) is 5.08. The largest absolute Gasteiger partial charge is 0.489 e. The lowest BCUT2D eigenvalue weighted by molar-refractivity contribution is -0.123. The highest BCUT2D eigenvalue weighted by atomic mass is 79.9. The number of aromatic nitrogens is 1. The summed E-state index contributed by atoms with van der Waals surface area (Å²) in [5.41, 5.74) is 2.70. The molecule has 4 aliphatic rings. The second kappa shape index (κ2) is 11.9. The monoisotopic (exact) mass is 750 g/mol. The highest BCUT2D eigenvalue weighted by Gasteiger charge is 2.69. The first-order valence-electron chi connectivity index (χ1n) is 15.4. The molecule has 240 valence electrons. The van der Waals surface area contributed by atoms with Crippen LogP contribution in [0.4, 0.5) is 5.69 Å². The average molecular weight is 752 g/mol. The van der Waals surface area contributed by atoms with Gasteiger partial charge in [0.05, 0.1) is 34.7 Å². The van der Waals surface area contributed by atoms with Gasteiger partial charge in [0.25, 0.3) is 0 Å². The summed E-state index contributed by atoms with van der Waals surface area (Å²) in [5.74, 6) is -1.30. The molecule has 12 heteroatoms. The molecule has 1 N–H and O–H groups in total. The van der Waals surface area contributed by atoms with Crippen molar-refractivity contribution in [2.75, 3.05) is 11.5 Å². The molecule has 3 aromatic carbocycles. The molecule has 2 aliphatic carbocycles. The zero-order chi connectivity index (χ0) is 32.6. The minimum Gasteiger partial charge on any atom is -0.489 e. The van der Waals surface area contributed by atoms with Crippen LogP contribution >= 0.6 is 50.6 Å². The Bertz CT molecular complexity index is 2000. The number of halogens is 2. The number of aromatic amines is 1. The fourth-order valence-corrected chi connectivity index (χ4v) is 11.7. The molecule has 0 radical (unpaired) electrons. The van der Waals surface area contributed by atoms with E-state index in [2.05, 4.69) is 27.0 Å². The van der Waals surface area contributed by atoms with Crippen molar-refractivity contribution in [2.24, 2.45) is 29.6 Å². The molecule has 7 atom stereocenters. The van der Waals surface area contributed by atoms with Crippen LogP contribution in [0.3, 0.4) is 0 Å². The fraction of sp³-hybridized carbons (Fsp3) is 0.314. The normalized spacial score (nSPS) is 27.0. The number of H-pyrrole nitrogens is 1. The molecule has 2 aliphatic heterocycles. The Balaban J connectivity index is 1.15. The van der Waals surface area contributed by atoms with E-state index in [4.69, 9.17) is 21.1 Å². The van der Waals surface area contributed by atoms with Crippen LogP contribution in [-0.2, 0) is 20.9 Å². The summed E-state index contributed by atoms with van der Waals surface area (Å²) >= 11 is 12.8. The number of nitrogens with one attached hydrogen (secondary N) is 1. The number of ether oxygens (including phenoxy) is 2. The first kappa shape index (κ1) is 30.9. The molecule has 0 unspecified atom stereocenters. The maximum absolute atomic E-state index is 14.2. The number of imide groups is 1. The fourth-order valence-electron chi connectivity index (χ4n) is 8.26. The molecular formula is C35H28BrClN2O6S2. The van der Waals surface area contributed by atoms with Gasteiger partial charge in [-0.1, -0.05) is 51.0 Å². The predicted molar refractivity (Wildman–Crippen MR) is 183 cm³/mol. The molecule has 3 fully saturated rings. The molecule has 3 heterocycles. The zero-order valence-electron chi connectivity index (χ0n) is 25.0. The van der Waals surface area contributed by atoms with Gasteiger partial charge in [0.15, 0.2) is 0 Å². The molecule has 8 rings (SSSR count). The molecule has 2 bridgehead atoms. The zero-order valence-corrected chi connectivity index (χ0v) is 29.0. The van der Waals surface area contributed by atoms with Gasteiger partial charge >= 0.3 is 10.8 Å². The number of esters is 1. The first-order chi connectivity index (χ1) is 22.7. The SMILES string of the molecule is CCOC(=O)c1ccc(N2C(=O)[C@H]3[C@H]4C[C@@H]([C@@H]3C2=O)[C@H]2[C@H](c3cc(Br)ccc3OCc3cccc(Cl)c3)c3sc(=O)[nH]c3S[C@H]42)cc1. The summed E-state index contributed by atoms with van der Waals surface area (Å²) < 4.78 is 12.4. The number of carbonyl (C=O) groups is 3. The number of nitrogens with zero attached hydrogens (tertiary/aromatic N) is 1. The van der Waals surface area contributed by atoms with Crippen molar-refractivity contribution >= 4 is 74.1 Å². The Morgan fingerprint density at radius 2 is 1.79 bits per heavy atom. The Labute approximate surface area is 291 Å². The summed E-state index contributed by atoms with van der Waals surface area (Å²) in [6.07, 6.45) is 0.771. The number of rotatable bonds is 7. The summed E-state index contributed by atoms with van der Waals surface area (Å²) in [6, 6.07) is 19.9. The van der Waals surface area contributed by atoms with Crippen molar-refractivity contribution in [2.45, 2.75) is 36.1 Å². The third-order valence-corrected chi connectivity index (χ3v) is 13.3. The van der Waals surface area contributed by atoms with E-state index in [-0.39, 0.29) is 52.2 Å². The molecule has 47 heavy (non-hydrogen) atoms. The molecule has 8 nitrogen and oxygen atoms in total.